The molecule has 0 aliphatic heterocycles. The molecule has 0 saturated carbocycles. The molecule has 0 atom stereocenters. The number of hydrogen-bond acceptors (Lipinski definition) is 3. The second-order valence-corrected chi connectivity index (χ2v) is 5.77. The summed E-state index contributed by atoms with van der Waals surface area (Å²) >= 11 is 0. The van der Waals surface area contributed by atoms with Crippen molar-refractivity contribution in [3.05, 3.63) is 59.7 Å². The van der Waals surface area contributed by atoms with Crippen LogP contribution in [0.3, 0.4) is 0 Å². The first-order valence-electron chi connectivity index (χ1n) is 8.37. The first kappa shape index (κ1) is 20.4. The number of hydrogen-bond donors (Lipinski definition) is 2. The number of aryl methyl sites for hydroxylation is 1. The van der Waals surface area contributed by atoms with Crippen LogP contribution in [0.2, 0.25) is 0 Å². The smallest absolute Gasteiger partial charge is 0.497 e. The lowest BCUT2D eigenvalue weighted by Gasteiger charge is -2.09. The lowest BCUT2D eigenvalue weighted by atomic mass is 10.1. The van der Waals surface area contributed by atoms with Crippen LogP contribution in [-0.2, 0) is 13.0 Å². The van der Waals surface area contributed by atoms with Gasteiger partial charge in [0.15, 0.2) is 5.96 Å². The Morgan fingerprint density at radius 1 is 1.00 bits per heavy atom. The molecule has 0 amide bonds. The van der Waals surface area contributed by atoms with Crippen molar-refractivity contribution < 1.29 is 22.6 Å². The fraction of sp³-hybridized carbons (Fsp3) is 0.316. The summed E-state index contributed by atoms with van der Waals surface area (Å²) in [6, 6.07) is 13.4. The zero-order valence-corrected chi connectivity index (χ0v) is 14.9. The number of guanidine groups is 1. The molecule has 8 heteroatoms. The molecule has 0 fully saturated rings. The van der Waals surface area contributed by atoms with Gasteiger partial charge in [0.25, 0.3) is 0 Å². The van der Waals surface area contributed by atoms with Gasteiger partial charge in [0.2, 0.25) is 0 Å². The summed E-state index contributed by atoms with van der Waals surface area (Å²) in [6.07, 6.45) is -2.92. The number of halogens is 3. The van der Waals surface area contributed by atoms with E-state index >= 15 is 0 Å². The number of rotatable bonds is 8. The molecule has 0 saturated heterocycles. The molecule has 5 nitrogen and oxygen atoms in total. The predicted octanol–water partition coefficient (Wildman–Crippen LogP) is 3.63. The standard InChI is InChI=1S/C19H22F3N3O2/c1-26-16-8-4-14(5-9-16)3-2-12-24-18(23)25-13-15-6-10-17(11-7-15)27-19(20,21)22/h4-11H,2-3,12-13H2,1H3,(H3,23,24,25). The van der Waals surface area contributed by atoms with Gasteiger partial charge in [0, 0.05) is 6.54 Å². The van der Waals surface area contributed by atoms with Gasteiger partial charge in [-0.15, -0.1) is 13.2 Å². The van der Waals surface area contributed by atoms with Crippen molar-refractivity contribution >= 4 is 5.96 Å². The first-order chi connectivity index (χ1) is 12.9. The third-order valence-corrected chi connectivity index (χ3v) is 3.70. The van der Waals surface area contributed by atoms with Crippen LogP contribution in [0.15, 0.2) is 53.5 Å². The van der Waals surface area contributed by atoms with E-state index < -0.39 is 6.36 Å². The largest absolute Gasteiger partial charge is 0.573 e. The van der Waals surface area contributed by atoms with Crippen molar-refractivity contribution in [2.75, 3.05) is 13.7 Å². The Bertz CT molecular complexity index is 729. The van der Waals surface area contributed by atoms with Crippen LogP contribution < -0.4 is 20.5 Å². The summed E-state index contributed by atoms with van der Waals surface area (Å²) < 4.78 is 45.3. The number of alkyl halides is 3. The summed E-state index contributed by atoms with van der Waals surface area (Å²) in [5.41, 5.74) is 7.73. The number of nitrogens with zero attached hydrogens (tertiary/aromatic N) is 1. The minimum absolute atomic E-state index is 0.264. The Morgan fingerprint density at radius 3 is 2.19 bits per heavy atom. The van der Waals surface area contributed by atoms with Gasteiger partial charge in [0.1, 0.15) is 11.5 Å². The Labute approximate surface area is 156 Å². The Hall–Kier alpha value is -2.90. The van der Waals surface area contributed by atoms with Crippen LogP contribution in [0.5, 0.6) is 11.5 Å². The van der Waals surface area contributed by atoms with E-state index in [1.807, 2.05) is 24.3 Å². The van der Waals surface area contributed by atoms with E-state index in [-0.39, 0.29) is 12.3 Å². The normalized spacial score (nSPS) is 11.9. The molecule has 2 rings (SSSR count). The highest BCUT2D eigenvalue weighted by Gasteiger charge is 2.30. The maximum absolute atomic E-state index is 12.1. The van der Waals surface area contributed by atoms with Crippen molar-refractivity contribution in [2.24, 2.45) is 10.7 Å². The van der Waals surface area contributed by atoms with Gasteiger partial charge in [-0.05, 0) is 48.2 Å². The number of nitrogens with two attached hydrogens (primary N) is 1. The second-order valence-electron chi connectivity index (χ2n) is 5.77. The highest BCUT2D eigenvalue weighted by Crippen LogP contribution is 2.22. The van der Waals surface area contributed by atoms with Crippen molar-refractivity contribution in [3.63, 3.8) is 0 Å². The van der Waals surface area contributed by atoms with Gasteiger partial charge in [-0.2, -0.15) is 0 Å². The molecule has 0 aliphatic carbocycles. The SMILES string of the molecule is COc1ccc(CCCNC(N)=NCc2ccc(OC(F)(F)F)cc2)cc1. The lowest BCUT2D eigenvalue weighted by Crippen LogP contribution is -2.32. The van der Waals surface area contributed by atoms with Gasteiger partial charge >= 0.3 is 6.36 Å². The lowest BCUT2D eigenvalue weighted by molar-refractivity contribution is -0.274. The monoisotopic (exact) mass is 381 g/mol. The summed E-state index contributed by atoms with van der Waals surface area (Å²) in [4.78, 5) is 4.17. The number of nitrogens with one attached hydrogen (secondary N) is 1. The molecule has 3 N–H and O–H groups in total. The number of benzene rings is 2. The molecule has 0 heterocycles. The average molecular weight is 381 g/mol. The summed E-state index contributed by atoms with van der Waals surface area (Å²) in [6.45, 7) is 0.934. The summed E-state index contributed by atoms with van der Waals surface area (Å²) in [5.74, 6) is 0.853. The van der Waals surface area contributed by atoms with Gasteiger partial charge in [-0.25, -0.2) is 4.99 Å². The van der Waals surface area contributed by atoms with Crippen LogP contribution in [-0.4, -0.2) is 26.0 Å². The highest BCUT2D eigenvalue weighted by molar-refractivity contribution is 5.77. The Balaban J connectivity index is 1.70. The van der Waals surface area contributed by atoms with Crippen molar-refractivity contribution in [2.45, 2.75) is 25.7 Å². The number of methoxy groups -OCH3 is 1. The molecule has 0 unspecified atom stereocenters. The summed E-state index contributed by atoms with van der Waals surface area (Å²) in [7, 11) is 1.63. The predicted molar refractivity (Wildman–Crippen MR) is 97.8 cm³/mol. The molecular formula is C19H22F3N3O2. The molecule has 0 aliphatic rings. The highest BCUT2D eigenvalue weighted by atomic mass is 19.4. The molecule has 146 valence electrons. The third-order valence-electron chi connectivity index (χ3n) is 3.70. The molecule has 0 bridgehead atoms. The van der Waals surface area contributed by atoms with Crippen LogP contribution in [0, 0.1) is 0 Å². The van der Waals surface area contributed by atoms with E-state index in [1.54, 1.807) is 7.11 Å². The third kappa shape index (κ3) is 7.89. The topological polar surface area (TPSA) is 68.9 Å². The fourth-order valence-electron chi connectivity index (χ4n) is 2.33. The van der Waals surface area contributed by atoms with Crippen molar-refractivity contribution in [3.8, 4) is 11.5 Å². The maximum Gasteiger partial charge on any atom is 0.573 e. The van der Waals surface area contributed by atoms with E-state index in [0.29, 0.717) is 12.5 Å². The molecule has 2 aromatic rings. The minimum Gasteiger partial charge on any atom is -0.497 e. The Morgan fingerprint density at radius 2 is 1.59 bits per heavy atom. The van der Waals surface area contributed by atoms with Crippen LogP contribution >= 0.6 is 0 Å². The van der Waals surface area contributed by atoms with Gasteiger partial charge < -0.3 is 20.5 Å². The molecule has 2 aromatic carbocycles. The van der Waals surface area contributed by atoms with Gasteiger partial charge in [-0.1, -0.05) is 24.3 Å². The first-order valence-corrected chi connectivity index (χ1v) is 8.37. The number of aliphatic imine (C=N–C) groups is 1. The van der Waals surface area contributed by atoms with E-state index in [2.05, 4.69) is 15.0 Å². The fourth-order valence-corrected chi connectivity index (χ4v) is 2.33. The Kier molecular flexibility index (Phi) is 7.34. The quantitative estimate of drug-likeness (QED) is 0.416. The van der Waals surface area contributed by atoms with E-state index in [9.17, 15) is 13.2 Å². The molecule has 0 spiro atoms. The summed E-state index contributed by atoms with van der Waals surface area (Å²) in [5, 5.41) is 3.02. The molecule has 0 radical (unpaired) electrons. The van der Waals surface area contributed by atoms with Gasteiger partial charge in [-0.3, -0.25) is 0 Å². The van der Waals surface area contributed by atoms with E-state index in [4.69, 9.17) is 10.5 Å². The van der Waals surface area contributed by atoms with Crippen molar-refractivity contribution in [1.82, 2.24) is 5.32 Å². The van der Waals surface area contributed by atoms with Crippen LogP contribution in [0.1, 0.15) is 17.5 Å². The molecular weight excluding hydrogens is 359 g/mol. The molecule has 0 aromatic heterocycles. The molecule has 27 heavy (non-hydrogen) atoms. The minimum atomic E-state index is -4.69. The van der Waals surface area contributed by atoms with E-state index in [1.165, 1.54) is 29.8 Å². The van der Waals surface area contributed by atoms with Crippen LogP contribution in [0.4, 0.5) is 13.2 Å². The van der Waals surface area contributed by atoms with Crippen LogP contribution in [0.25, 0.3) is 0 Å². The maximum atomic E-state index is 12.1. The zero-order chi connectivity index (χ0) is 19.7. The van der Waals surface area contributed by atoms with Crippen molar-refractivity contribution in [1.29, 1.82) is 0 Å². The zero-order valence-electron chi connectivity index (χ0n) is 14.9. The number of ether oxygens (including phenoxy) is 2. The second kappa shape index (κ2) is 9.70. The van der Waals surface area contributed by atoms with Gasteiger partial charge in [0.05, 0.1) is 13.7 Å². The van der Waals surface area contributed by atoms with E-state index in [0.717, 1.165) is 24.2 Å². The average Bonchev–Trinajstić information content (AvgIpc) is 2.64.